The van der Waals surface area contributed by atoms with Gasteiger partial charge in [-0.3, -0.25) is 9.59 Å². The number of rotatable bonds is 7. The van der Waals surface area contributed by atoms with E-state index in [0.717, 1.165) is 4.47 Å². The molecule has 1 aromatic rings. The van der Waals surface area contributed by atoms with Crippen LogP contribution in [0.4, 0.5) is 0 Å². The lowest BCUT2D eigenvalue weighted by molar-refractivity contribution is -0.141. The van der Waals surface area contributed by atoms with Crippen LogP contribution in [0.3, 0.4) is 0 Å². The van der Waals surface area contributed by atoms with E-state index in [4.69, 9.17) is 9.84 Å². The lowest BCUT2D eigenvalue weighted by Crippen LogP contribution is -2.35. The van der Waals surface area contributed by atoms with Gasteiger partial charge in [0.15, 0.2) is 6.61 Å². The van der Waals surface area contributed by atoms with E-state index < -0.39 is 11.9 Å². The molecule has 6 heteroatoms. The number of carboxylic acids is 1. The number of benzene rings is 1. The lowest BCUT2D eigenvalue weighted by Gasteiger charge is -2.11. The second kappa shape index (κ2) is 7.78. The van der Waals surface area contributed by atoms with E-state index in [2.05, 4.69) is 21.2 Å². The Labute approximate surface area is 120 Å². The molecule has 0 bridgehead atoms. The van der Waals surface area contributed by atoms with E-state index >= 15 is 0 Å². The number of carbonyl (C=O) groups is 2. The highest BCUT2D eigenvalue weighted by molar-refractivity contribution is 9.10. The molecular weight excluding hydrogens is 314 g/mol. The van der Waals surface area contributed by atoms with Gasteiger partial charge in [0.1, 0.15) is 5.75 Å². The fraction of sp³-hybridized carbons (Fsp3) is 0.385. The summed E-state index contributed by atoms with van der Waals surface area (Å²) in [4.78, 5) is 22.3. The number of ether oxygens (including phenoxy) is 1. The van der Waals surface area contributed by atoms with Crippen molar-refractivity contribution in [3.05, 3.63) is 28.7 Å². The molecule has 5 nitrogen and oxygen atoms in total. The highest BCUT2D eigenvalue weighted by Gasteiger charge is 2.15. The van der Waals surface area contributed by atoms with Gasteiger partial charge in [-0.25, -0.2) is 0 Å². The van der Waals surface area contributed by atoms with Crippen molar-refractivity contribution in [2.75, 3.05) is 13.2 Å². The minimum Gasteiger partial charge on any atom is -0.484 e. The number of halogens is 1. The summed E-state index contributed by atoms with van der Waals surface area (Å²) in [5.41, 5.74) is 0. The van der Waals surface area contributed by atoms with E-state index in [1.165, 1.54) is 0 Å². The molecule has 1 atom stereocenters. The number of nitrogens with one attached hydrogen (secondary N) is 1. The first-order valence-electron chi connectivity index (χ1n) is 5.90. The molecule has 0 saturated heterocycles. The highest BCUT2D eigenvalue weighted by atomic mass is 79.9. The predicted molar refractivity (Wildman–Crippen MR) is 74.1 cm³/mol. The van der Waals surface area contributed by atoms with Crippen LogP contribution in [0, 0.1) is 5.92 Å². The average molecular weight is 330 g/mol. The Morgan fingerprint density at radius 1 is 1.37 bits per heavy atom. The summed E-state index contributed by atoms with van der Waals surface area (Å²) in [5.74, 6) is -1.21. The molecule has 0 aliphatic carbocycles. The zero-order valence-corrected chi connectivity index (χ0v) is 12.1. The van der Waals surface area contributed by atoms with Crippen LogP contribution < -0.4 is 10.1 Å². The van der Waals surface area contributed by atoms with Crippen molar-refractivity contribution in [3.63, 3.8) is 0 Å². The standard InChI is InChI=1S/C13H16BrNO4/c1-2-9(13(17)18)7-15-12(16)8-19-11-5-3-10(14)4-6-11/h3-6,9H,2,7-8H2,1H3,(H,15,16)(H,17,18). The smallest absolute Gasteiger partial charge is 0.308 e. The monoisotopic (exact) mass is 329 g/mol. The maximum atomic E-state index is 11.5. The van der Waals surface area contributed by atoms with Crippen molar-refractivity contribution in [2.24, 2.45) is 5.92 Å². The molecule has 1 amide bonds. The number of hydrogen-bond donors (Lipinski definition) is 2. The summed E-state index contributed by atoms with van der Waals surface area (Å²) >= 11 is 3.30. The van der Waals surface area contributed by atoms with Gasteiger partial charge in [-0.05, 0) is 30.7 Å². The number of carbonyl (C=O) groups excluding carboxylic acids is 1. The van der Waals surface area contributed by atoms with Gasteiger partial charge < -0.3 is 15.2 Å². The minimum absolute atomic E-state index is 0.119. The number of aliphatic carboxylic acids is 1. The fourth-order valence-electron chi connectivity index (χ4n) is 1.37. The first-order valence-corrected chi connectivity index (χ1v) is 6.70. The molecule has 0 aliphatic rings. The van der Waals surface area contributed by atoms with Crippen LogP contribution in [-0.2, 0) is 9.59 Å². The second-order valence-electron chi connectivity index (χ2n) is 3.99. The molecule has 0 radical (unpaired) electrons. The molecule has 0 spiro atoms. The van der Waals surface area contributed by atoms with Crippen molar-refractivity contribution in [1.82, 2.24) is 5.32 Å². The average Bonchev–Trinajstić information content (AvgIpc) is 2.38. The van der Waals surface area contributed by atoms with Crippen LogP contribution >= 0.6 is 15.9 Å². The van der Waals surface area contributed by atoms with Crippen molar-refractivity contribution in [2.45, 2.75) is 13.3 Å². The first kappa shape index (κ1) is 15.5. The van der Waals surface area contributed by atoms with E-state index in [0.29, 0.717) is 12.2 Å². The van der Waals surface area contributed by atoms with Crippen molar-refractivity contribution in [1.29, 1.82) is 0 Å². The molecule has 19 heavy (non-hydrogen) atoms. The van der Waals surface area contributed by atoms with E-state index in [1.807, 2.05) is 12.1 Å². The molecular formula is C13H16BrNO4. The Bertz CT molecular complexity index is 433. The van der Waals surface area contributed by atoms with Gasteiger partial charge in [-0.15, -0.1) is 0 Å². The molecule has 1 aromatic carbocycles. The van der Waals surface area contributed by atoms with Gasteiger partial charge in [0, 0.05) is 11.0 Å². The molecule has 0 saturated carbocycles. The number of amides is 1. The predicted octanol–water partition coefficient (Wildman–Crippen LogP) is 2.05. The van der Waals surface area contributed by atoms with Crippen LogP contribution in [0.25, 0.3) is 0 Å². The second-order valence-corrected chi connectivity index (χ2v) is 4.91. The molecule has 0 heterocycles. The summed E-state index contributed by atoms with van der Waals surface area (Å²) in [6.07, 6.45) is 0.475. The molecule has 0 fully saturated rings. The van der Waals surface area contributed by atoms with Gasteiger partial charge in [-0.1, -0.05) is 22.9 Å². The van der Waals surface area contributed by atoms with Crippen LogP contribution in [0.2, 0.25) is 0 Å². The molecule has 104 valence electrons. The summed E-state index contributed by atoms with van der Waals surface area (Å²) in [6.45, 7) is 1.76. The molecule has 0 aliphatic heterocycles. The van der Waals surface area contributed by atoms with Gasteiger partial charge >= 0.3 is 5.97 Å². The van der Waals surface area contributed by atoms with E-state index in [-0.39, 0.29) is 19.1 Å². The van der Waals surface area contributed by atoms with Crippen molar-refractivity contribution in [3.8, 4) is 5.75 Å². The maximum Gasteiger partial charge on any atom is 0.308 e. The zero-order valence-electron chi connectivity index (χ0n) is 10.6. The van der Waals surface area contributed by atoms with Crippen molar-refractivity contribution < 1.29 is 19.4 Å². The normalized spacial score (nSPS) is 11.7. The molecule has 2 N–H and O–H groups in total. The van der Waals surface area contributed by atoms with Crippen LogP contribution in [0.1, 0.15) is 13.3 Å². The van der Waals surface area contributed by atoms with E-state index in [1.54, 1.807) is 19.1 Å². The Morgan fingerprint density at radius 3 is 2.53 bits per heavy atom. The largest absolute Gasteiger partial charge is 0.484 e. The number of carboxylic acid groups (broad SMARTS) is 1. The van der Waals surface area contributed by atoms with Crippen LogP contribution in [0.15, 0.2) is 28.7 Å². The third kappa shape index (κ3) is 5.74. The van der Waals surface area contributed by atoms with Gasteiger partial charge in [0.2, 0.25) is 0 Å². The minimum atomic E-state index is -0.906. The Hall–Kier alpha value is -1.56. The number of hydrogen-bond acceptors (Lipinski definition) is 3. The summed E-state index contributed by atoms with van der Waals surface area (Å²) in [5, 5.41) is 11.4. The highest BCUT2D eigenvalue weighted by Crippen LogP contribution is 2.15. The quantitative estimate of drug-likeness (QED) is 0.802. The van der Waals surface area contributed by atoms with Crippen molar-refractivity contribution >= 4 is 27.8 Å². The third-order valence-corrected chi connectivity index (χ3v) is 3.10. The maximum absolute atomic E-state index is 11.5. The molecule has 1 rings (SSSR count). The van der Waals surface area contributed by atoms with Crippen LogP contribution in [-0.4, -0.2) is 30.1 Å². The topological polar surface area (TPSA) is 75.6 Å². The van der Waals surface area contributed by atoms with Gasteiger partial charge in [0.05, 0.1) is 5.92 Å². The van der Waals surface area contributed by atoms with Gasteiger partial charge in [-0.2, -0.15) is 0 Å². The Kier molecular flexibility index (Phi) is 6.35. The SMILES string of the molecule is CCC(CNC(=O)COc1ccc(Br)cc1)C(=O)O. The Morgan fingerprint density at radius 2 is 2.00 bits per heavy atom. The first-order chi connectivity index (χ1) is 9.02. The molecule has 1 unspecified atom stereocenters. The third-order valence-electron chi connectivity index (χ3n) is 2.57. The van der Waals surface area contributed by atoms with Crippen LogP contribution in [0.5, 0.6) is 5.75 Å². The van der Waals surface area contributed by atoms with Gasteiger partial charge in [0.25, 0.3) is 5.91 Å². The molecule has 0 aromatic heterocycles. The summed E-state index contributed by atoms with van der Waals surface area (Å²) in [7, 11) is 0. The fourth-order valence-corrected chi connectivity index (χ4v) is 1.64. The lowest BCUT2D eigenvalue weighted by atomic mass is 10.1. The summed E-state index contributed by atoms with van der Waals surface area (Å²) in [6, 6.07) is 7.10. The van der Waals surface area contributed by atoms with E-state index in [9.17, 15) is 9.59 Å². The Balaban J connectivity index is 2.31. The summed E-state index contributed by atoms with van der Waals surface area (Å²) < 4.78 is 6.20. The zero-order chi connectivity index (χ0) is 14.3.